The molecule has 1 aliphatic carbocycles. The quantitative estimate of drug-likeness (QED) is 0.578. The van der Waals surface area contributed by atoms with Crippen molar-refractivity contribution in [3.8, 4) is 22.8 Å². The lowest BCUT2D eigenvalue weighted by Crippen LogP contribution is -2.26. The molecule has 7 heteroatoms. The van der Waals surface area contributed by atoms with Crippen LogP contribution in [0.25, 0.3) is 11.3 Å². The molecule has 2 aromatic carbocycles. The number of ether oxygens (including phenoxy) is 2. The summed E-state index contributed by atoms with van der Waals surface area (Å²) in [7, 11) is 0. The first-order chi connectivity index (χ1) is 15.1. The molecule has 166 valence electrons. The van der Waals surface area contributed by atoms with Gasteiger partial charge in [-0.05, 0) is 69.0 Å². The van der Waals surface area contributed by atoms with Crippen LogP contribution in [0.3, 0.4) is 0 Å². The molecule has 32 heavy (non-hydrogen) atoms. The van der Waals surface area contributed by atoms with Crippen LogP contribution in [0.4, 0.5) is 14.6 Å². The second kappa shape index (κ2) is 7.89. The molecule has 0 atom stereocenters. The van der Waals surface area contributed by atoms with Crippen molar-refractivity contribution in [3.63, 3.8) is 0 Å². The lowest BCUT2D eigenvalue weighted by atomic mass is 9.92. The van der Waals surface area contributed by atoms with Crippen LogP contribution in [0.15, 0.2) is 54.6 Å². The van der Waals surface area contributed by atoms with Crippen LogP contribution in [0, 0.1) is 13.8 Å². The normalized spacial score (nSPS) is 16.7. The first-order valence-electron chi connectivity index (χ1n) is 10.3. The average Bonchev–Trinajstić information content (AvgIpc) is 3.48. The van der Waals surface area contributed by atoms with Gasteiger partial charge in [-0.2, -0.15) is 0 Å². The van der Waals surface area contributed by atoms with Crippen LogP contribution >= 0.6 is 0 Å². The van der Waals surface area contributed by atoms with Gasteiger partial charge in [0.25, 0.3) is 0 Å². The minimum Gasteiger partial charge on any atom is -0.395 e. The second-order valence-electron chi connectivity index (χ2n) is 8.24. The van der Waals surface area contributed by atoms with Gasteiger partial charge in [0.05, 0.1) is 11.1 Å². The van der Waals surface area contributed by atoms with E-state index in [1.165, 1.54) is 24.6 Å². The number of aryl methyl sites for hydroxylation is 2. The topological polar surface area (TPSA) is 74.4 Å². The summed E-state index contributed by atoms with van der Waals surface area (Å²) in [5.74, 6) is 0.637. The molecule has 2 N–H and O–H groups in total. The molecule has 0 saturated heterocycles. The summed E-state index contributed by atoms with van der Waals surface area (Å²) in [4.78, 5) is 15.9. The Morgan fingerprint density at radius 3 is 2.38 bits per heavy atom. The minimum absolute atomic E-state index is 0.0000231. The van der Waals surface area contributed by atoms with Crippen LogP contribution < -0.4 is 15.2 Å². The molecule has 0 bridgehead atoms. The number of halogens is 2. The highest BCUT2D eigenvalue weighted by Crippen LogP contribution is 2.52. The van der Waals surface area contributed by atoms with Crippen molar-refractivity contribution in [2.24, 2.45) is 0 Å². The number of benzene rings is 2. The van der Waals surface area contributed by atoms with Crippen molar-refractivity contribution in [2.75, 3.05) is 5.73 Å². The molecule has 1 fully saturated rings. The monoisotopic (exact) mass is 438 g/mol. The molecule has 0 radical (unpaired) electrons. The fourth-order valence-corrected chi connectivity index (χ4v) is 3.84. The average molecular weight is 438 g/mol. The van der Waals surface area contributed by atoms with E-state index in [2.05, 4.69) is 39.6 Å². The van der Waals surface area contributed by atoms with E-state index in [1.807, 2.05) is 25.1 Å². The van der Waals surface area contributed by atoms with Gasteiger partial charge in [0.2, 0.25) is 0 Å². The lowest BCUT2D eigenvalue weighted by molar-refractivity contribution is -0.286. The molecule has 1 saturated carbocycles. The van der Waals surface area contributed by atoms with E-state index in [0.717, 1.165) is 35.2 Å². The van der Waals surface area contributed by atoms with Gasteiger partial charge in [0.15, 0.2) is 11.5 Å². The van der Waals surface area contributed by atoms with Crippen LogP contribution in [-0.4, -0.2) is 17.1 Å². The van der Waals surface area contributed by atoms with E-state index in [4.69, 9.17) is 5.73 Å². The smallest absolute Gasteiger partial charge is 0.395 e. The number of carbonyl (C=O) groups excluding carboxylic acids is 1. The molecule has 3 aromatic rings. The molecule has 2 heterocycles. The third-order valence-electron chi connectivity index (χ3n) is 5.79. The number of rotatable bonds is 3. The standard InChI is InChI=1S/C13H14N2.C12H10F2O3/c1-9-4-3-5-11(8-9)13-10(2)6-7-12(14)15-13;1-7(15)11(4-5-11)8-2-3-9-10(6-8)17-12(13,14)16-9/h3-8H,1-2H3,(H2,14,15);2-3,6H,4-5H2,1H3. The molecular formula is C25H24F2N2O3. The maximum Gasteiger partial charge on any atom is 0.586 e. The Labute approximate surface area is 185 Å². The third-order valence-corrected chi connectivity index (χ3v) is 5.79. The van der Waals surface area contributed by atoms with Gasteiger partial charge < -0.3 is 15.2 Å². The molecule has 5 rings (SSSR count). The Morgan fingerprint density at radius 1 is 1.00 bits per heavy atom. The van der Waals surface area contributed by atoms with Gasteiger partial charge in [0.1, 0.15) is 11.6 Å². The van der Waals surface area contributed by atoms with Crippen molar-refractivity contribution < 1.29 is 23.0 Å². The largest absolute Gasteiger partial charge is 0.586 e. The number of ketones is 1. The highest BCUT2D eigenvalue weighted by molar-refractivity contribution is 5.91. The Hall–Kier alpha value is -3.48. The zero-order valence-electron chi connectivity index (χ0n) is 18.1. The number of hydrogen-bond acceptors (Lipinski definition) is 5. The van der Waals surface area contributed by atoms with Crippen LogP contribution in [0.5, 0.6) is 11.5 Å². The molecule has 5 nitrogen and oxygen atoms in total. The highest BCUT2D eigenvalue weighted by atomic mass is 19.3. The number of nitrogens with zero attached hydrogens (tertiary/aromatic N) is 1. The summed E-state index contributed by atoms with van der Waals surface area (Å²) in [6, 6.07) is 16.7. The number of hydrogen-bond donors (Lipinski definition) is 1. The predicted octanol–water partition coefficient (Wildman–Crippen LogP) is 5.58. The summed E-state index contributed by atoms with van der Waals surface area (Å²) in [6.07, 6.45) is -2.08. The summed E-state index contributed by atoms with van der Waals surface area (Å²) < 4.78 is 34.3. The number of nitrogen functional groups attached to an aromatic ring is 1. The number of anilines is 1. The summed E-state index contributed by atoms with van der Waals surface area (Å²) in [6.45, 7) is 5.64. The van der Waals surface area contributed by atoms with Crippen molar-refractivity contribution in [3.05, 3.63) is 71.3 Å². The van der Waals surface area contributed by atoms with Crippen molar-refractivity contribution in [1.82, 2.24) is 4.98 Å². The molecule has 0 amide bonds. The lowest BCUT2D eigenvalue weighted by Gasteiger charge is -2.11. The summed E-state index contributed by atoms with van der Waals surface area (Å²) in [5.41, 5.74) is 10.4. The number of carbonyl (C=O) groups is 1. The Morgan fingerprint density at radius 2 is 1.72 bits per heavy atom. The molecule has 1 aliphatic heterocycles. The molecule has 2 aliphatic rings. The first kappa shape index (κ1) is 21.7. The number of fused-ring (bicyclic) bond motifs is 1. The highest BCUT2D eigenvalue weighted by Gasteiger charge is 2.50. The van der Waals surface area contributed by atoms with Gasteiger partial charge in [-0.15, -0.1) is 8.78 Å². The molecular weight excluding hydrogens is 414 g/mol. The fourth-order valence-electron chi connectivity index (χ4n) is 3.84. The van der Waals surface area contributed by atoms with Gasteiger partial charge in [-0.3, -0.25) is 4.79 Å². The number of pyridine rings is 1. The zero-order valence-corrected chi connectivity index (χ0v) is 18.1. The maximum atomic E-state index is 12.8. The van der Waals surface area contributed by atoms with Gasteiger partial charge in [-0.1, -0.05) is 35.9 Å². The SMILES string of the molecule is CC(=O)C1(c2ccc3c(c2)OC(F)(F)O3)CC1.Cc1cccc(-c2nc(N)ccc2C)c1. The van der Waals surface area contributed by atoms with Crippen molar-refractivity contribution >= 4 is 11.6 Å². The number of alkyl halides is 2. The summed E-state index contributed by atoms with van der Waals surface area (Å²) >= 11 is 0. The van der Waals surface area contributed by atoms with Crippen molar-refractivity contribution in [2.45, 2.75) is 45.3 Å². The van der Waals surface area contributed by atoms with E-state index in [-0.39, 0.29) is 17.3 Å². The fraction of sp³-hybridized carbons (Fsp3) is 0.280. The number of nitrogens with two attached hydrogens (primary N) is 1. The van der Waals surface area contributed by atoms with E-state index in [9.17, 15) is 13.6 Å². The Bertz CT molecular complexity index is 1190. The summed E-state index contributed by atoms with van der Waals surface area (Å²) in [5, 5.41) is 0. The van der Waals surface area contributed by atoms with Crippen LogP contribution in [0.1, 0.15) is 36.5 Å². The van der Waals surface area contributed by atoms with E-state index < -0.39 is 11.7 Å². The van der Waals surface area contributed by atoms with E-state index in [0.29, 0.717) is 5.82 Å². The molecule has 1 aromatic heterocycles. The van der Waals surface area contributed by atoms with Crippen LogP contribution in [0.2, 0.25) is 0 Å². The molecule has 0 unspecified atom stereocenters. The predicted molar refractivity (Wildman–Crippen MR) is 118 cm³/mol. The number of Topliss-reactive ketones (excluding diaryl/α,β-unsaturated/α-hetero) is 1. The molecule has 0 spiro atoms. The van der Waals surface area contributed by atoms with Gasteiger partial charge >= 0.3 is 6.29 Å². The van der Waals surface area contributed by atoms with E-state index in [1.54, 1.807) is 6.07 Å². The Kier molecular flexibility index (Phi) is 5.36. The van der Waals surface area contributed by atoms with Gasteiger partial charge in [0, 0.05) is 5.56 Å². The first-order valence-corrected chi connectivity index (χ1v) is 10.3. The van der Waals surface area contributed by atoms with Crippen molar-refractivity contribution in [1.29, 1.82) is 0 Å². The number of aromatic nitrogens is 1. The van der Waals surface area contributed by atoms with E-state index >= 15 is 0 Å². The Balaban J connectivity index is 0.000000155. The zero-order chi connectivity index (χ0) is 23.1. The second-order valence-corrected chi connectivity index (χ2v) is 8.24. The van der Waals surface area contributed by atoms with Crippen LogP contribution in [-0.2, 0) is 10.2 Å². The maximum absolute atomic E-state index is 12.8. The van der Waals surface area contributed by atoms with Gasteiger partial charge in [-0.25, -0.2) is 4.98 Å². The minimum atomic E-state index is -3.60. The third kappa shape index (κ3) is 4.28.